The first-order chi connectivity index (χ1) is 8.70. The number of rotatable bonds is 4. The molecule has 1 aliphatic carbocycles. The van der Waals surface area contributed by atoms with E-state index in [1.54, 1.807) is 6.07 Å². The summed E-state index contributed by atoms with van der Waals surface area (Å²) in [4.78, 5) is 13.0. The average molecular weight is 247 g/mol. The van der Waals surface area contributed by atoms with E-state index >= 15 is 0 Å². The van der Waals surface area contributed by atoms with E-state index in [-0.39, 0.29) is 6.10 Å². The maximum atomic E-state index is 10.8. The minimum absolute atomic E-state index is 0.232. The van der Waals surface area contributed by atoms with Crippen LogP contribution < -0.4 is 4.74 Å². The first-order valence-corrected chi connectivity index (χ1v) is 6.59. The summed E-state index contributed by atoms with van der Waals surface area (Å²) < 4.78 is 6.07. The summed E-state index contributed by atoms with van der Waals surface area (Å²) in [6.07, 6.45) is 5.87. The van der Waals surface area contributed by atoms with Crippen molar-refractivity contribution in [2.45, 2.75) is 37.8 Å². The molecule has 0 aromatic heterocycles. The van der Waals surface area contributed by atoms with Crippen LogP contribution in [0.15, 0.2) is 24.3 Å². The standard InChI is InChI=1S/C15H21NO2/c1-16(2)14-8-3-4-9-15(14)18-13-7-5-6-12(10-13)11-17/h5-7,10-11,14-15H,3-4,8-9H2,1-2H3. The molecule has 1 aromatic carbocycles. The van der Waals surface area contributed by atoms with Crippen LogP contribution in [0.2, 0.25) is 0 Å². The molecule has 1 aliphatic rings. The topological polar surface area (TPSA) is 29.5 Å². The van der Waals surface area contributed by atoms with Crippen molar-refractivity contribution in [2.24, 2.45) is 0 Å². The van der Waals surface area contributed by atoms with Gasteiger partial charge in [0.2, 0.25) is 0 Å². The zero-order valence-corrected chi connectivity index (χ0v) is 11.1. The SMILES string of the molecule is CN(C)C1CCCCC1Oc1cccc(C=O)c1. The molecule has 2 rings (SSSR count). The van der Waals surface area contributed by atoms with E-state index in [9.17, 15) is 4.79 Å². The summed E-state index contributed by atoms with van der Waals surface area (Å²) in [5.74, 6) is 0.804. The Kier molecular flexibility index (Phi) is 4.37. The molecule has 0 heterocycles. The molecule has 2 atom stereocenters. The predicted octanol–water partition coefficient (Wildman–Crippen LogP) is 2.75. The van der Waals surface area contributed by atoms with Crippen LogP contribution in [0.1, 0.15) is 36.0 Å². The molecular weight excluding hydrogens is 226 g/mol. The van der Waals surface area contributed by atoms with E-state index in [0.29, 0.717) is 11.6 Å². The number of ether oxygens (including phenoxy) is 1. The molecule has 1 fully saturated rings. The molecular formula is C15H21NO2. The molecule has 0 spiro atoms. The summed E-state index contributed by atoms with van der Waals surface area (Å²) in [5.41, 5.74) is 0.671. The highest BCUT2D eigenvalue weighted by atomic mass is 16.5. The molecule has 2 unspecified atom stereocenters. The second-order valence-corrected chi connectivity index (χ2v) is 5.16. The van der Waals surface area contributed by atoms with Crippen molar-refractivity contribution in [3.8, 4) is 5.75 Å². The van der Waals surface area contributed by atoms with Crippen LogP contribution in [0.4, 0.5) is 0 Å². The smallest absolute Gasteiger partial charge is 0.150 e. The van der Waals surface area contributed by atoms with Crippen LogP contribution in [0.5, 0.6) is 5.75 Å². The minimum atomic E-state index is 0.232. The molecule has 0 saturated heterocycles. The van der Waals surface area contributed by atoms with Crippen LogP contribution in [-0.4, -0.2) is 37.4 Å². The van der Waals surface area contributed by atoms with E-state index in [1.165, 1.54) is 19.3 Å². The zero-order valence-electron chi connectivity index (χ0n) is 11.1. The molecule has 1 aromatic rings. The van der Waals surface area contributed by atoms with Gasteiger partial charge in [-0.3, -0.25) is 4.79 Å². The third kappa shape index (κ3) is 3.10. The fourth-order valence-corrected chi connectivity index (χ4v) is 2.64. The Morgan fingerprint density at radius 1 is 1.28 bits per heavy atom. The summed E-state index contributed by atoms with van der Waals surface area (Å²) in [6, 6.07) is 7.87. The van der Waals surface area contributed by atoms with Gasteiger partial charge in [0, 0.05) is 11.6 Å². The van der Waals surface area contributed by atoms with Gasteiger partial charge in [-0.05, 0) is 45.5 Å². The monoisotopic (exact) mass is 247 g/mol. The van der Waals surface area contributed by atoms with Crippen molar-refractivity contribution in [3.63, 3.8) is 0 Å². The number of nitrogens with zero attached hydrogens (tertiary/aromatic N) is 1. The predicted molar refractivity (Wildman–Crippen MR) is 72.2 cm³/mol. The Hall–Kier alpha value is -1.35. The van der Waals surface area contributed by atoms with E-state index in [4.69, 9.17) is 4.74 Å². The fraction of sp³-hybridized carbons (Fsp3) is 0.533. The van der Waals surface area contributed by atoms with Crippen LogP contribution in [-0.2, 0) is 0 Å². The Labute approximate surface area is 109 Å². The van der Waals surface area contributed by atoms with Crippen LogP contribution in [0, 0.1) is 0 Å². The highest BCUT2D eigenvalue weighted by Gasteiger charge is 2.28. The molecule has 0 bridgehead atoms. The Balaban J connectivity index is 2.08. The third-order valence-electron chi connectivity index (χ3n) is 3.61. The van der Waals surface area contributed by atoms with E-state index < -0.39 is 0 Å². The van der Waals surface area contributed by atoms with Gasteiger partial charge in [-0.15, -0.1) is 0 Å². The van der Waals surface area contributed by atoms with Crippen LogP contribution >= 0.6 is 0 Å². The van der Waals surface area contributed by atoms with Crippen molar-refractivity contribution in [3.05, 3.63) is 29.8 Å². The molecule has 0 amide bonds. The summed E-state index contributed by atoms with van der Waals surface area (Å²) in [5, 5.41) is 0. The molecule has 0 aliphatic heterocycles. The highest BCUT2D eigenvalue weighted by Crippen LogP contribution is 2.26. The molecule has 3 heteroatoms. The third-order valence-corrected chi connectivity index (χ3v) is 3.61. The number of aldehydes is 1. The van der Waals surface area contributed by atoms with Crippen LogP contribution in [0.3, 0.4) is 0 Å². The average Bonchev–Trinajstić information content (AvgIpc) is 2.39. The van der Waals surface area contributed by atoms with Gasteiger partial charge in [0.15, 0.2) is 0 Å². The molecule has 18 heavy (non-hydrogen) atoms. The van der Waals surface area contributed by atoms with E-state index in [0.717, 1.165) is 18.5 Å². The zero-order chi connectivity index (χ0) is 13.0. The van der Waals surface area contributed by atoms with Crippen molar-refractivity contribution in [2.75, 3.05) is 14.1 Å². The van der Waals surface area contributed by atoms with E-state index in [1.807, 2.05) is 18.2 Å². The van der Waals surface area contributed by atoms with Gasteiger partial charge in [0.1, 0.15) is 18.1 Å². The summed E-state index contributed by atoms with van der Waals surface area (Å²) in [7, 11) is 4.21. The molecule has 3 nitrogen and oxygen atoms in total. The second-order valence-electron chi connectivity index (χ2n) is 5.16. The lowest BCUT2D eigenvalue weighted by atomic mass is 9.91. The summed E-state index contributed by atoms with van der Waals surface area (Å²) >= 11 is 0. The number of likely N-dealkylation sites (N-methyl/N-ethyl adjacent to an activating group) is 1. The molecule has 98 valence electrons. The maximum absolute atomic E-state index is 10.8. The molecule has 1 saturated carbocycles. The normalized spacial score (nSPS) is 23.9. The molecule has 0 radical (unpaired) electrons. The number of hydrogen-bond acceptors (Lipinski definition) is 3. The van der Waals surface area contributed by atoms with Gasteiger partial charge in [-0.1, -0.05) is 18.6 Å². The highest BCUT2D eigenvalue weighted by molar-refractivity contribution is 5.75. The first kappa shape index (κ1) is 13.1. The minimum Gasteiger partial charge on any atom is -0.489 e. The number of carbonyl (C=O) groups is 1. The van der Waals surface area contributed by atoms with Crippen LogP contribution in [0.25, 0.3) is 0 Å². The number of benzene rings is 1. The van der Waals surface area contributed by atoms with Crippen molar-refractivity contribution in [1.29, 1.82) is 0 Å². The number of carbonyl (C=O) groups excluding carboxylic acids is 1. The largest absolute Gasteiger partial charge is 0.489 e. The Bertz CT molecular complexity index is 403. The quantitative estimate of drug-likeness (QED) is 0.766. The van der Waals surface area contributed by atoms with Gasteiger partial charge < -0.3 is 9.64 Å². The maximum Gasteiger partial charge on any atom is 0.150 e. The first-order valence-electron chi connectivity index (χ1n) is 6.59. The van der Waals surface area contributed by atoms with Crippen molar-refractivity contribution >= 4 is 6.29 Å². The Morgan fingerprint density at radius 3 is 2.78 bits per heavy atom. The second kappa shape index (κ2) is 6.01. The van der Waals surface area contributed by atoms with Gasteiger partial charge in [0.05, 0.1) is 0 Å². The number of hydrogen-bond donors (Lipinski definition) is 0. The van der Waals surface area contributed by atoms with Gasteiger partial charge in [-0.2, -0.15) is 0 Å². The lowest BCUT2D eigenvalue weighted by Gasteiger charge is -2.36. The lowest BCUT2D eigenvalue weighted by molar-refractivity contribution is 0.0622. The van der Waals surface area contributed by atoms with E-state index in [2.05, 4.69) is 19.0 Å². The summed E-state index contributed by atoms with van der Waals surface area (Å²) in [6.45, 7) is 0. The van der Waals surface area contributed by atoms with Crippen molar-refractivity contribution in [1.82, 2.24) is 4.90 Å². The van der Waals surface area contributed by atoms with Crippen molar-refractivity contribution < 1.29 is 9.53 Å². The van der Waals surface area contributed by atoms with Gasteiger partial charge in [-0.25, -0.2) is 0 Å². The fourth-order valence-electron chi connectivity index (χ4n) is 2.64. The lowest BCUT2D eigenvalue weighted by Crippen LogP contribution is -2.44. The molecule has 0 N–H and O–H groups in total. The van der Waals surface area contributed by atoms with Gasteiger partial charge in [0.25, 0.3) is 0 Å². The van der Waals surface area contributed by atoms with Gasteiger partial charge >= 0.3 is 0 Å². The Morgan fingerprint density at radius 2 is 2.06 bits per heavy atom.